The van der Waals surface area contributed by atoms with Crippen LogP contribution < -0.4 is 5.32 Å². The minimum absolute atomic E-state index is 0.421. The van der Waals surface area contributed by atoms with Gasteiger partial charge in [-0.1, -0.05) is 24.3 Å². The third kappa shape index (κ3) is 1.61. The summed E-state index contributed by atoms with van der Waals surface area (Å²) < 4.78 is 6.02. The maximum absolute atomic E-state index is 12.9. The Bertz CT molecular complexity index is 1060. The van der Waals surface area contributed by atoms with Crippen LogP contribution in [0.15, 0.2) is 34.7 Å². The number of aryl methyl sites for hydroxylation is 1. The number of nitrogens with one attached hydrogen (secondary N) is 1. The van der Waals surface area contributed by atoms with Crippen LogP contribution in [0.5, 0.6) is 0 Å². The summed E-state index contributed by atoms with van der Waals surface area (Å²) in [6, 6.07) is 9.75. The van der Waals surface area contributed by atoms with Gasteiger partial charge in [-0.05, 0) is 42.3 Å². The molecule has 1 aromatic heterocycles. The van der Waals surface area contributed by atoms with Crippen molar-refractivity contribution in [2.24, 2.45) is 0 Å². The topological polar surface area (TPSA) is 59.3 Å². The first-order valence-corrected chi connectivity index (χ1v) is 8.14. The van der Waals surface area contributed by atoms with Gasteiger partial charge >= 0.3 is 0 Å². The standard InChI is InChI=1S/C20H15NO3/c1-10-3-2-4-12-11(10)5-6-14-16(12)18(22)19(23)17-13-7-8-21-9-15(13)24-20(14)17/h2-6,21H,7-9H2,1H3. The van der Waals surface area contributed by atoms with Crippen LogP contribution in [0.2, 0.25) is 0 Å². The lowest BCUT2D eigenvalue weighted by atomic mass is 9.82. The van der Waals surface area contributed by atoms with E-state index >= 15 is 0 Å². The molecule has 0 bridgehead atoms. The number of rotatable bonds is 0. The van der Waals surface area contributed by atoms with Crippen LogP contribution in [0.1, 0.15) is 37.6 Å². The largest absolute Gasteiger partial charge is 0.459 e. The monoisotopic (exact) mass is 317 g/mol. The van der Waals surface area contributed by atoms with Gasteiger partial charge in [-0.25, -0.2) is 0 Å². The first-order valence-electron chi connectivity index (χ1n) is 8.14. The van der Waals surface area contributed by atoms with Crippen LogP contribution in [-0.2, 0) is 13.0 Å². The second-order valence-electron chi connectivity index (χ2n) is 6.45. The molecule has 1 aliphatic heterocycles. The summed E-state index contributed by atoms with van der Waals surface area (Å²) in [6.07, 6.45) is 0.717. The van der Waals surface area contributed by atoms with Crippen LogP contribution in [0.3, 0.4) is 0 Å². The fourth-order valence-electron chi connectivity index (χ4n) is 3.94. The van der Waals surface area contributed by atoms with E-state index in [4.69, 9.17) is 4.42 Å². The molecular weight excluding hydrogens is 302 g/mol. The second kappa shape index (κ2) is 4.65. The summed E-state index contributed by atoms with van der Waals surface area (Å²) in [4.78, 5) is 25.7. The fourth-order valence-corrected chi connectivity index (χ4v) is 3.94. The van der Waals surface area contributed by atoms with Gasteiger partial charge in [0, 0.05) is 16.7 Å². The molecule has 118 valence electrons. The smallest absolute Gasteiger partial charge is 0.237 e. The molecule has 0 saturated heterocycles. The van der Waals surface area contributed by atoms with E-state index in [1.807, 2.05) is 37.3 Å². The van der Waals surface area contributed by atoms with E-state index in [9.17, 15) is 9.59 Å². The van der Waals surface area contributed by atoms with E-state index in [2.05, 4.69) is 5.32 Å². The van der Waals surface area contributed by atoms with Crippen molar-refractivity contribution < 1.29 is 14.0 Å². The van der Waals surface area contributed by atoms with Gasteiger partial charge < -0.3 is 9.73 Å². The molecule has 2 aromatic carbocycles. The first-order chi connectivity index (χ1) is 11.7. The minimum atomic E-state index is -0.432. The molecular formula is C20H15NO3. The number of fused-ring (bicyclic) bond motifs is 7. The van der Waals surface area contributed by atoms with Gasteiger partial charge in [0.25, 0.3) is 0 Å². The number of carbonyl (C=O) groups is 2. The second-order valence-corrected chi connectivity index (χ2v) is 6.45. The van der Waals surface area contributed by atoms with Gasteiger partial charge in [-0.2, -0.15) is 0 Å². The van der Waals surface area contributed by atoms with Crippen molar-refractivity contribution in [1.82, 2.24) is 5.32 Å². The van der Waals surface area contributed by atoms with E-state index < -0.39 is 11.6 Å². The number of ketones is 2. The van der Waals surface area contributed by atoms with Gasteiger partial charge in [-0.3, -0.25) is 9.59 Å². The van der Waals surface area contributed by atoms with Crippen LogP contribution >= 0.6 is 0 Å². The van der Waals surface area contributed by atoms with Crippen LogP contribution in [0, 0.1) is 6.92 Å². The van der Waals surface area contributed by atoms with Gasteiger partial charge in [0.1, 0.15) is 11.5 Å². The van der Waals surface area contributed by atoms with Crippen molar-refractivity contribution in [2.75, 3.05) is 6.54 Å². The lowest BCUT2D eigenvalue weighted by molar-refractivity contribution is 0.0815. The van der Waals surface area contributed by atoms with E-state index in [1.54, 1.807) is 0 Å². The highest BCUT2D eigenvalue weighted by Crippen LogP contribution is 2.42. The molecule has 2 aliphatic rings. The van der Waals surface area contributed by atoms with Gasteiger partial charge in [0.2, 0.25) is 11.6 Å². The molecule has 3 aromatic rings. The molecule has 0 spiro atoms. The van der Waals surface area contributed by atoms with Crippen molar-refractivity contribution in [2.45, 2.75) is 19.9 Å². The van der Waals surface area contributed by atoms with E-state index in [0.29, 0.717) is 23.4 Å². The molecule has 0 fully saturated rings. The third-order valence-corrected chi connectivity index (χ3v) is 5.11. The molecule has 0 atom stereocenters. The predicted molar refractivity (Wildman–Crippen MR) is 90.5 cm³/mol. The number of Topliss-reactive ketones (excluding diaryl/α,β-unsaturated/α-hetero) is 2. The molecule has 4 nitrogen and oxygen atoms in total. The molecule has 2 heterocycles. The summed E-state index contributed by atoms with van der Waals surface area (Å²) in [6.45, 7) is 3.41. The van der Waals surface area contributed by atoms with Gasteiger partial charge in [0.15, 0.2) is 0 Å². The Balaban J connectivity index is 1.90. The quantitative estimate of drug-likeness (QED) is 0.645. The van der Waals surface area contributed by atoms with Crippen molar-refractivity contribution in [3.63, 3.8) is 0 Å². The number of hydrogen-bond donors (Lipinski definition) is 1. The summed E-state index contributed by atoms with van der Waals surface area (Å²) in [5.41, 5.74) is 3.69. The molecule has 0 radical (unpaired) electrons. The fraction of sp³-hybridized carbons (Fsp3) is 0.200. The normalized spacial score (nSPS) is 16.0. The molecule has 4 heteroatoms. The maximum atomic E-state index is 12.9. The zero-order valence-electron chi connectivity index (χ0n) is 13.2. The molecule has 1 N–H and O–H groups in total. The Morgan fingerprint density at radius 2 is 1.83 bits per heavy atom. The summed E-state index contributed by atoms with van der Waals surface area (Å²) in [5, 5.41) is 5.07. The molecule has 0 unspecified atom stereocenters. The maximum Gasteiger partial charge on any atom is 0.237 e. The summed E-state index contributed by atoms with van der Waals surface area (Å²) >= 11 is 0. The Kier molecular flexibility index (Phi) is 2.65. The highest BCUT2D eigenvalue weighted by atomic mass is 16.3. The Labute approximate surface area is 138 Å². The molecule has 0 amide bonds. The number of benzene rings is 2. The highest BCUT2D eigenvalue weighted by Gasteiger charge is 2.38. The Morgan fingerprint density at radius 3 is 2.71 bits per heavy atom. The van der Waals surface area contributed by atoms with Crippen molar-refractivity contribution in [3.05, 3.63) is 58.3 Å². The first kappa shape index (κ1) is 13.7. The lowest BCUT2D eigenvalue weighted by Crippen LogP contribution is -2.26. The average molecular weight is 317 g/mol. The number of carbonyl (C=O) groups excluding carboxylic acids is 2. The summed E-state index contributed by atoms with van der Waals surface area (Å²) in [5.74, 6) is 0.491. The van der Waals surface area contributed by atoms with E-state index in [-0.39, 0.29) is 0 Å². The molecule has 5 rings (SSSR count). The highest BCUT2D eigenvalue weighted by molar-refractivity contribution is 6.54. The average Bonchev–Trinajstić information content (AvgIpc) is 2.99. The Morgan fingerprint density at radius 1 is 1.00 bits per heavy atom. The summed E-state index contributed by atoms with van der Waals surface area (Å²) in [7, 11) is 0. The SMILES string of the molecule is Cc1cccc2c3c(ccc12)-c1oc2c(c1C(=O)C3=O)CCNC2. The lowest BCUT2D eigenvalue weighted by Gasteiger charge is -2.17. The zero-order valence-corrected chi connectivity index (χ0v) is 13.2. The number of hydrogen-bond acceptors (Lipinski definition) is 4. The third-order valence-electron chi connectivity index (χ3n) is 5.11. The van der Waals surface area contributed by atoms with Gasteiger partial charge in [0.05, 0.1) is 12.1 Å². The van der Waals surface area contributed by atoms with Crippen LogP contribution in [0.4, 0.5) is 0 Å². The predicted octanol–water partition coefficient (Wildman–Crippen LogP) is 3.43. The molecule has 24 heavy (non-hydrogen) atoms. The van der Waals surface area contributed by atoms with E-state index in [1.165, 1.54) is 0 Å². The zero-order chi connectivity index (χ0) is 16.4. The molecule has 0 saturated carbocycles. The number of furan rings is 1. The molecule has 1 aliphatic carbocycles. The van der Waals surface area contributed by atoms with Gasteiger partial charge in [-0.15, -0.1) is 0 Å². The van der Waals surface area contributed by atoms with Crippen LogP contribution in [0.25, 0.3) is 22.1 Å². The van der Waals surface area contributed by atoms with Crippen molar-refractivity contribution >= 4 is 22.3 Å². The van der Waals surface area contributed by atoms with Crippen LogP contribution in [-0.4, -0.2) is 18.1 Å². The van der Waals surface area contributed by atoms with E-state index in [0.717, 1.165) is 46.2 Å². The minimum Gasteiger partial charge on any atom is -0.459 e. The van der Waals surface area contributed by atoms with Crippen molar-refractivity contribution in [3.8, 4) is 11.3 Å². The Hall–Kier alpha value is -2.72. The van der Waals surface area contributed by atoms with Crippen molar-refractivity contribution in [1.29, 1.82) is 0 Å².